The summed E-state index contributed by atoms with van der Waals surface area (Å²) in [7, 11) is -4.89. The number of halogens is 1. The number of primary sulfonamides is 1. The van der Waals surface area contributed by atoms with Crippen molar-refractivity contribution in [1.82, 2.24) is 9.62 Å². The summed E-state index contributed by atoms with van der Waals surface area (Å²) in [5.74, 6) is 0. The Morgan fingerprint density at radius 1 is 1.24 bits per heavy atom. The molecule has 0 spiro atoms. The summed E-state index contributed by atoms with van der Waals surface area (Å²) < 4.78 is 51.9. The fourth-order valence-corrected chi connectivity index (χ4v) is 5.97. The second kappa shape index (κ2) is 7.28. The molecule has 1 fully saturated rings. The minimum atomic E-state index is -4.28. The van der Waals surface area contributed by atoms with Crippen molar-refractivity contribution in [2.75, 3.05) is 14.1 Å². The molecule has 0 aromatic heterocycles. The first kappa shape index (κ1) is 20.2. The van der Waals surface area contributed by atoms with Gasteiger partial charge in [-0.25, -0.2) is 26.7 Å². The highest BCUT2D eigenvalue weighted by atomic mass is 35.5. The topological polar surface area (TPSA) is 136 Å². The van der Waals surface area contributed by atoms with Crippen molar-refractivity contribution in [2.45, 2.75) is 37.1 Å². The molecular weight excluding hydrogens is 388 g/mol. The number of sulfonamides is 2. The lowest BCUT2D eigenvalue weighted by Gasteiger charge is -2.25. The molecule has 0 aromatic rings. The Hall–Kier alpha value is -1.07. The molecule has 11 heteroatoms. The standard InChI is InChI=1S/C14H23ClN4O4S2/c1-19(2)8-9-7-11(13(16)14(12(9)15)24(17,20)21)25(22,23)18-10-5-3-4-6-10/h7-8,10,12,18H,3-6,16H2,1-2H3,(H2,17,20,21). The van der Waals surface area contributed by atoms with Gasteiger partial charge in [-0.05, 0) is 24.5 Å². The van der Waals surface area contributed by atoms with E-state index in [2.05, 4.69) is 4.72 Å². The maximum atomic E-state index is 12.7. The molecular formula is C14H23ClN4O4S2. The van der Waals surface area contributed by atoms with Crippen molar-refractivity contribution in [3.8, 4) is 0 Å². The summed E-state index contributed by atoms with van der Waals surface area (Å²) in [5, 5.41) is 4.06. The monoisotopic (exact) mass is 410 g/mol. The first-order chi connectivity index (χ1) is 11.4. The number of allylic oxidation sites excluding steroid dienone is 3. The van der Waals surface area contributed by atoms with Gasteiger partial charge in [0.2, 0.25) is 20.0 Å². The van der Waals surface area contributed by atoms with Crippen molar-refractivity contribution in [3.05, 3.63) is 33.4 Å². The first-order valence-electron chi connectivity index (χ1n) is 7.72. The van der Waals surface area contributed by atoms with Crippen molar-refractivity contribution in [2.24, 2.45) is 10.9 Å². The van der Waals surface area contributed by atoms with E-state index in [-0.39, 0.29) is 16.5 Å². The lowest BCUT2D eigenvalue weighted by atomic mass is 10.1. The number of rotatable bonds is 5. The molecule has 0 aromatic carbocycles. The third kappa shape index (κ3) is 4.56. The van der Waals surface area contributed by atoms with Gasteiger partial charge in [-0.15, -0.1) is 11.6 Å². The van der Waals surface area contributed by atoms with E-state index in [1.165, 1.54) is 12.3 Å². The lowest BCUT2D eigenvalue weighted by molar-refractivity contribution is 0.555. The molecule has 2 aliphatic carbocycles. The Labute approximate surface area is 153 Å². The van der Waals surface area contributed by atoms with E-state index in [1.54, 1.807) is 19.0 Å². The van der Waals surface area contributed by atoms with E-state index >= 15 is 0 Å². The highest BCUT2D eigenvalue weighted by Crippen LogP contribution is 2.35. The molecule has 2 rings (SSSR count). The van der Waals surface area contributed by atoms with Gasteiger partial charge in [-0.3, -0.25) is 0 Å². The molecule has 0 heterocycles. The fraction of sp³-hybridized carbons (Fsp3) is 0.571. The van der Waals surface area contributed by atoms with Crippen molar-refractivity contribution >= 4 is 31.6 Å². The van der Waals surface area contributed by atoms with Gasteiger partial charge < -0.3 is 10.6 Å². The Kier molecular flexibility index (Phi) is 5.89. The van der Waals surface area contributed by atoms with Gasteiger partial charge in [-0.2, -0.15) is 0 Å². The fourth-order valence-electron chi connectivity index (χ4n) is 2.96. The molecule has 25 heavy (non-hydrogen) atoms. The molecule has 2 aliphatic rings. The number of hydrogen-bond donors (Lipinski definition) is 3. The van der Waals surface area contributed by atoms with Crippen LogP contribution >= 0.6 is 11.6 Å². The summed E-state index contributed by atoms with van der Waals surface area (Å²) in [6, 6.07) is -0.188. The largest absolute Gasteiger partial charge is 0.397 e. The van der Waals surface area contributed by atoms with Crippen LogP contribution in [0, 0.1) is 0 Å². The third-order valence-electron chi connectivity index (χ3n) is 4.03. The van der Waals surface area contributed by atoms with Gasteiger partial charge in [0.25, 0.3) is 0 Å². The maximum absolute atomic E-state index is 12.7. The van der Waals surface area contributed by atoms with Crippen LogP contribution in [-0.4, -0.2) is 47.2 Å². The summed E-state index contributed by atoms with van der Waals surface area (Å²) >= 11 is 6.21. The van der Waals surface area contributed by atoms with Gasteiger partial charge >= 0.3 is 0 Å². The van der Waals surface area contributed by atoms with Crippen LogP contribution in [-0.2, 0) is 20.0 Å². The SMILES string of the molecule is CN(C)C=C1C=C(S(=O)(=O)NC2CCCC2)C(N)=C(S(N)(=O)=O)C1Cl. The van der Waals surface area contributed by atoms with Gasteiger partial charge in [0.05, 0.1) is 11.1 Å². The molecule has 142 valence electrons. The van der Waals surface area contributed by atoms with Crippen LogP contribution in [0.1, 0.15) is 25.7 Å². The predicted molar refractivity (Wildman–Crippen MR) is 98.1 cm³/mol. The van der Waals surface area contributed by atoms with Crippen LogP contribution in [0.4, 0.5) is 0 Å². The molecule has 0 bridgehead atoms. The first-order valence-corrected chi connectivity index (χ1v) is 11.2. The normalized spacial score (nSPS) is 24.7. The minimum absolute atomic E-state index is 0.188. The Bertz CT molecular complexity index is 838. The van der Waals surface area contributed by atoms with E-state index in [4.69, 9.17) is 22.5 Å². The minimum Gasteiger partial charge on any atom is -0.397 e. The molecule has 0 amide bonds. The second-order valence-electron chi connectivity index (χ2n) is 6.39. The van der Waals surface area contributed by atoms with Crippen molar-refractivity contribution < 1.29 is 16.8 Å². The zero-order valence-electron chi connectivity index (χ0n) is 14.1. The molecule has 0 saturated heterocycles. The second-order valence-corrected chi connectivity index (χ2v) is 10.0. The molecule has 1 saturated carbocycles. The molecule has 0 aliphatic heterocycles. The Morgan fingerprint density at radius 3 is 2.28 bits per heavy atom. The van der Waals surface area contributed by atoms with Crippen LogP contribution < -0.4 is 15.6 Å². The molecule has 0 radical (unpaired) electrons. The number of nitrogens with zero attached hydrogens (tertiary/aromatic N) is 1. The maximum Gasteiger partial charge on any atom is 0.242 e. The quantitative estimate of drug-likeness (QED) is 0.556. The van der Waals surface area contributed by atoms with E-state index in [0.717, 1.165) is 25.7 Å². The van der Waals surface area contributed by atoms with E-state index in [9.17, 15) is 16.8 Å². The third-order valence-corrected chi connectivity index (χ3v) is 7.26. The average Bonchev–Trinajstić information content (AvgIpc) is 2.91. The smallest absolute Gasteiger partial charge is 0.242 e. The zero-order chi connectivity index (χ0) is 19.0. The van der Waals surface area contributed by atoms with E-state index in [1.807, 2.05) is 0 Å². The lowest BCUT2D eigenvalue weighted by Crippen LogP contribution is -2.38. The van der Waals surface area contributed by atoms with Gasteiger partial charge in [0, 0.05) is 26.3 Å². The molecule has 5 N–H and O–H groups in total. The molecule has 1 atom stereocenters. The van der Waals surface area contributed by atoms with Crippen LogP contribution in [0.3, 0.4) is 0 Å². The van der Waals surface area contributed by atoms with Crippen LogP contribution in [0.15, 0.2) is 33.4 Å². The molecule has 1 unspecified atom stereocenters. The summed E-state index contributed by atoms with van der Waals surface area (Å²) in [6.45, 7) is 0. The Morgan fingerprint density at radius 2 is 1.80 bits per heavy atom. The predicted octanol–water partition coefficient (Wildman–Crippen LogP) is 0.258. The van der Waals surface area contributed by atoms with Gasteiger partial charge in [-0.1, -0.05) is 12.8 Å². The number of nitrogens with two attached hydrogens (primary N) is 2. The highest BCUT2D eigenvalue weighted by Gasteiger charge is 2.37. The summed E-state index contributed by atoms with van der Waals surface area (Å²) in [6.07, 6.45) is 6.16. The van der Waals surface area contributed by atoms with Crippen LogP contribution in [0.25, 0.3) is 0 Å². The average molecular weight is 411 g/mol. The van der Waals surface area contributed by atoms with Crippen LogP contribution in [0.5, 0.6) is 0 Å². The van der Waals surface area contributed by atoms with Gasteiger partial charge in [0.15, 0.2) is 0 Å². The van der Waals surface area contributed by atoms with Crippen molar-refractivity contribution in [3.63, 3.8) is 0 Å². The number of hydrogen-bond acceptors (Lipinski definition) is 6. The van der Waals surface area contributed by atoms with Crippen LogP contribution in [0.2, 0.25) is 0 Å². The highest BCUT2D eigenvalue weighted by molar-refractivity contribution is 7.94. The Balaban J connectivity index is 2.57. The van der Waals surface area contributed by atoms with Crippen molar-refractivity contribution in [1.29, 1.82) is 0 Å². The van der Waals surface area contributed by atoms with E-state index in [0.29, 0.717) is 0 Å². The van der Waals surface area contributed by atoms with Gasteiger partial charge in [0.1, 0.15) is 9.81 Å². The summed E-state index contributed by atoms with van der Waals surface area (Å²) in [4.78, 5) is 0.794. The van der Waals surface area contributed by atoms with E-state index < -0.39 is 36.0 Å². The number of alkyl halides is 1. The number of nitrogens with one attached hydrogen (secondary N) is 1. The summed E-state index contributed by atoms with van der Waals surface area (Å²) in [5.41, 5.74) is 5.69. The zero-order valence-corrected chi connectivity index (χ0v) is 16.5. The molecule has 8 nitrogen and oxygen atoms in total.